The standard InChI is InChI=1S/C11H13FN2O3S/c12-8-3-5-9(6-4-8)18(16,17)14-10-2-1-7-13-11(10)15/h3-6,10,14H,1-2,7H2,(H,13,15)/t10-/m0/s1. The lowest BCUT2D eigenvalue weighted by Crippen LogP contribution is -2.50. The average molecular weight is 272 g/mol. The third kappa shape index (κ3) is 2.85. The normalized spacial score (nSPS) is 20.5. The van der Waals surface area contributed by atoms with E-state index < -0.39 is 21.9 Å². The van der Waals surface area contributed by atoms with Gasteiger partial charge in [0.15, 0.2) is 0 Å². The maximum atomic E-state index is 12.7. The van der Waals surface area contributed by atoms with E-state index >= 15 is 0 Å². The zero-order valence-electron chi connectivity index (χ0n) is 9.52. The van der Waals surface area contributed by atoms with E-state index in [2.05, 4.69) is 10.0 Å². The Kier molecular flexibility index (Phi) is 3.63. The first kappa shape index (κ1) is 13.0. The van der Waals surface area contributed by atoms with Crippen LogP contribution in [-0.4, -0.2) is 26.9 Å². The number of nitrogens with one attached hydrogen (secondary N) is 2. The van der Waals surface area contributed by atoms with Gasteiger partial charge in [-0.25, -0.2) is 12.8 Å². The number of halogens is 1. The number of sulfonamides is 1. The molecule has 1 atom stereocenters. The Morgan fingerprint density at radius 2 is 1.94 bits per heavy atom. The first-order valence-corrected chi connectivity index (χ1v) is 7.03. The molecule has 0 spiro atoms. The van der Waals surface area contributed by atoms with Gasteiger partial charge in [0.25, 0.3) is 0 Å². The monoisotopic (exact) mass is 272 g/mol. The minimum Gasteiger partial charge on any atom is -0.355 e. The van der Waals surface area contributed by atoms with Gasteiger partial charge in [0.1, 0.15) is 11.9 Å². The summed E-state index contributed by atoms with van der Waals surface area (Å²) in [6.07, 6.45) is 1.19. The summed E-state index contributed by atoms with van der Waals surface area (Å²) in [6, 6.07) is 3.70. The predicted octanol–water partition coefficient (Wildman–Crippen LogP) is 0.383. The molecule has 0 aromatic heterocycles. The molecule has 1 aliphatic heterocycles. The smallest absolute Gasteiger partial charge is 0.241 e. The molecule has 18 heavy (non-hydrogen) atoms. The summed E-state index contributed by atoms with van der Waals surface area (Å²) in [6.45, 7) is 0.563. The maximum absolute atomic E-state index is 12.7. The second kappa shape index (κ2) is 5.03. The summed E-state index contributed by atoms with van der Waals surface area (Å²) in [7, 11) is -3.79. The molecule has 1 aromatic carbocycles. The lowest BCUT2D eigenvalue weighted by molar-refractivity contribution is -0.124. The number of benzene rings is 1. The van der Waals surface area contributed by atoms with Crippen molar-refractivity contribution < 1.29 is 17.6 Å². The molecule has 0 unspecified atom stereocenters. The molecule has 1 amide bonds. The molecule has 7 heteroatoms. The van der Waals surface area contributed by atoms with Gasteiger partial charge in [-0.2, -0.15) is 4.72 Å². The van der Waals surface area contributed by atoms with E-state index in [0.717, 1.165) is 18.6 Å². The largest absolute Gasteiger partial charge is 0.355 e. The second-order valence-corrected chi connectivity index (χ2v) is 5.78. The SMILES string of the molecule is O=C1NCCC[C@@H]1NS(=O)(=O)c1ccc(F)cc1. The minimum atomic E-state index is -3.79. The molecule has 1 heterocycles. The van der Waals surface area contributed by atoms with Crippen LogP contribution in [0.4, 0.5) is 4.39 Å². The fourth-order valence-corrected chi connectivity index (χ4v) is 2.98. The molecule has 0 radical (unpaired) electrons. The third-order valence-corrected chi connectivity index (χ3v) is 4.19. The van der Waals surface area contributed by atoms with Gasteiger partial charge in [-0.1, -0.05) is 0 Å². The van der Waals surface area contributed by atoms with Gasteiger partial charge in [0.2, 0.25) is 15.9 Å². The van der Waals surface area contributed by atoms with Gasteiger partial charge in [-0.15, -0.1) is 0 Å². The molecule has 1 saturated heterocycles. The van der Waals surface area contributed by atoms with Crippen molar-refractivity contribution in [2.24, 2.45) is 0 Å². The Morgan fingerprint density at radius 1 is 1.28 bits per heavy atom. The minimum absolute atomic E-state index is 0.0535. The van der Waals surface area contributed by atoms with Crippen LogP contribution in [0.1, 0.15) is 12.8 Å². The van der Waals surface area contributed by atoms with Crippen LogP contribution in [0.25, 0.3) is 0 Å². The summed E-state index contributed by atoms with van der Waals surface area (Å²) in [5.74, 6) is -0.837. The zero-order valence-corrected chi connectivity index (χ0v) is 10.3. The second-order valence-electron chi connectivity index (χ2n) is 4.06. The van der Waals surface area contributed by atoms with E-state index in [9.17, 15) is 17.6 Å². The Balaban J connectivity index is 2.16. The highest BCUT2D eigenvalue weighted by molar-refractivity contribution is 7.89. The van der Waals surface area contributed by atoms with Crippen molar-refractivity contribution in [3.8, 4) is 0 Å². The van der Waals surface area contributed by atoms with Crippen molar-refractivity contribution in [1.29, 1.82) is 0 Å². The molecule has 0 aliphatic carbocycles. The van der Waals surface area contributed by atoms with E-state index in [0.29, 0.717) is 13.0 Å². The number of rotatable bonds is 3. The highest BCUT2D eigenvalue weighted by Crippen LogP contribution is 2.12. The van der Waals surface area contributed by atoms with Gasteiger partial charge in [-0.05, 0) is 37.1 Å². The fraction of sp³-hybridized carbons (Fsp3) is 0.364. The van der Waals surface area contributed by atoms with Crippen LogP contribution in [0.15, 0.2) is 29.2 Å². The number of piperidine rings is 1. The van der Waals surface area contributed by atoms with E-state index in [4.69, 9.17) is 0 Å². The van der Waals surface area contributed by atoms with Crippen LogP contribution in [0.2, 0.25) is 0 Å². The first-order valence-electron chi connectivity index (χ1n) is 5.55. The summed E-state index contributed by atoms with van der Waals surface area (Å²) in [5, 5.41) is 2.59. The van der Waals surface area contributed by atoms with Gasteiger partial charge in [-0.3, -0.25) is 4.79 Å². The van der Waals surface area contributed by atoms with Gasteiger partial charge in [0.05, 0.1) is 4.90 Å². The molecule has 98 valence electrons. The van der Waals surface area contributed by atoms with Crippen molar-refractivity contribution in [3.05, 3.63) is 30.1 Å². The predicted molar refractivity (Wildman–Crippen MR) is 62.8 cm³/mol. The molecule has 1 fully saturated rings. The van der Waals surface area contributed by atoms with Crippen molar-refractivity contribution in [2.75, 3.05) is 6.54 Å². The molecule has 1 aromatic rings. The molecule has 5 nitrogen and oxygen atoms in total. The van der Waals surface area contributed by atoms with Crippen LogP contribution in [0.5, 0.6) is 0 Å². The maximum Gasteiger partial charge on any atom is 0.241 e. The Labute approximate surface area is 104 Å². The van der Waals surface area contributed by atoms with E-state index in [1.807, 2.05) is 0 Å². The Morgan fingerprint density at radius 3 is 2.56 bits per heavy atom. The van der Waals surface area contributed by atoms with E-state index in [1.165, 1.54) is 12.1 Å². The highest BCUT2D eigenvalue weighted by atomic mass is 32.2. The summed E-state index contributed by atoms with van der Waals surface area (Å²) >= 11 is 0. The van der Waals surface area contributed by atoms with Crippen LogP contribution < -0.4 is 10.0 Å². The highest BCUT2D eigenvalue weighted by Gasteiger charge is 2.27. The summed E-state index contributed by atoms with van der Waals surface area (Å²) in [5.41, 5.74) is 0. The van der Waals surface area contributed by atoms with E-state index in [1.54, 1.807) is 0 Å². The van der Waals surface area contributed by atoms with Crippen molar-refractivity contribution in [3.63, 3.8) is 0 Å². The molecular weight excluding hydrogens is 259 g/mol. The summed E-state index contributed by atoms with van der Waals surface area (Å²) in [4.78, 5) is 11.4. The molecule has 1 aliphatic rings. The van der Waals surface area contributed by atoms with Gasteiger partial charge >= 0.3 is 0 Å². The Bertz CT molecular complexity index is 542. The van der Waals surface area contributed by atoms with Crippen LogP contribution >= 0.6 is 0 Å². The van der Waals surface area contributed by atoms with Gasteiger partial charge < -0.3 is 5.32 Å². The number of hydrogen-bond acceptors (Lipinski definition) is 3. The number of amides is 1. The molecule has 2 rings (SSSR count). The third-order valence-electron chi connectivity index (χ3n) is 2.71. The molecule has 0 saturated carbocycles. The van der Waals surface area contributed by atoms with Crippen molar-refractivity contribution in [1.82, 2.24) is 10.0 Å². The average Bonchev–Trinajstić information content (AvgIpc) is 2.32. The molecule has 0 bridgehead atoms. The number of carbonyl (C=O) groups excluding carboxylic acids is 1. The molecule has 2 N–H and O–H groups in total. The lowest BCUT2D eigenvalue weighted by atomic mass is 10.1. The van der Waals surface area contributed by atoms with Crippen LogP contribution in [0, 0.1) is 5.82 Å². The quantitative estimate of drug-likeness (QED) is 0.835. The molecular formula is C11H13FN2O3S. The van der Waals surface area contributed by atoms with Crippen molar-refractivity contribution >= 4 is 15.9 Å². The van der Waals surface area contributed by atoms with Crippen LogP contribution in [0.3, 0.4) is 0 Å². The Hall–Kier alpha value is -1.47. The van der Waals surface area contributed by atoms with Crippen LogP contribution in [-0.2, 0) is 14.8 Å². The summed E-state index contributed by atoms with van der Waals surface area (Å²) < 4.78 is 38.9. The van der Waals surface area contributed by atoms with Crippen molar-refractivity contribution in [2.45, 2.75) is 23.8 Å². The first-order chi connectivity index (χ1) is 8.49. The van der Waals surface area contributed by atoms with Gasteiger partial charge in [0, 0.05) is 6.54 Å². The number of carbonyl (C=O) groups is 1. The van der Waals surface area contributed by atoms with E-state index in [-0.39, 0.29) is 10.8 Å². The lowest BCUT2D eigenvalue weighted by Gasteiger charge is -2.22. The fourth-order valence-electron chi connectivity index (χ4n) is 1.75. The number of hydrogen-bond donors (Lipinski definition) is 2. The zero-order chi connectivity index (χ0) is 13.2. The topological polar surface area (TPSA) is 75.3 Å².